The Balaban J connectivity index is 0.000000102. The number of aromatic nitrogens is 13. The van der Waals surface area contributed by atoms with Gasteiger partial charge in [-0.15, -0.1) is 11.3 Å². The van der Waals surface area contributed by atoms with E-state index in [0.29, 0.717) is 52.8 Å². The molecule has 0 aliphatic carbocycles. The van der Waals surface area contributed by atoms with Crippen LogP contribution in [0.25, 0.3) is 276 Å². The summed E-state index contributed by atoms with van der Waals surface area (Å²) in [5.41, 5.74) is 21.6. The molecule has 0 bridgehead atoms. The minimum absolute atomic E-state index is 0.562. The number of benzene rings is 21. The lowest BCUT2D eigenvalue weighted by molar-refractivity contribution is 0.664. The van der Waals surface area contributed by atoms with Gasteiger partial charge in [0.1, 0.15) is 11.2 Å². The van der Waals surface area contributed by atoms with Gasteiger partial charge in [-0.05, 0) is 152 Å². The van der Waals surface area contributed by atoms with Crippen LogP contribution in [0, 0.1) is 0 Å². The average Bonchev–Trinajstić information content (AvgIpc) is 1.53. The molecule has 642 valence electrons. The molecule has 30 rings (SSSR count). The minimum atomic E-state index is 0.562. The third kappa shape index (κ3) is 12.6. The lowest BCUT2D eigenvalue weighted by Crippen LogP contribution is -2.06. The van der Waals surface area contributed by atoms with E-state index in [1.807, 2.05) is 114 Å². The summed E-state index contributed by atoms with van der Waals surface area (Å²) >= 11 is 1.85. The molecule has 0 amide bonds. The number of nitrogens with zero attached hydrogens (tertiary/aromatic N) is 13. The Hall–Kier alpha value is -18.6. The fraction of sp³-hybridized carbons (Fsp3) is 0. The van der Waals surface area contributed by atoms with Crippen LogP contribution in [-0.2, 0) is 0 Å². The first-order chi connectivity index (χ1) is 68.4. The van der Waals surface area contributed by atoms with Gasteiger partial charge in [-0.3, -0.25) is 13.7 Å². The van der Waals surface area contributed by atoms with Gasteiger partial charge in [0.05, 0.1) is 49.5 Å². The van der Waals surface area contributed by atoms with Crippen LogP contribution in [0.5, 0.6) is 0 Å². The van der Waals surface area contributed by atoms with Gasteiger partial charge in [-0.1, -0.05) is 346 Å². The molecule has 138 heavy (non-hydrogen) atoms. The summed E-state index contributed by atoms with van der Waals surface area (Å²) < 4.78 is 18.3. The van der Waals surface area contributed by atoms with Crippen LogP contribution in [0.3, 0.4) is 0 Å². The molecule has 15 heteroatoms. The van der Waals surface area contributed by atoms with Crippen molar-refractivity contribution in [1.82, 2.24) is 63.1 Å². The third-order valence-corrected chi connectivity index (χ3v) is 28.3. The second kappa shape index (κ2) is 31.6. The average molecular weight is 1780 g/mol. The van der Waals surface area contributed by atoms with Gasteiger partial charge in [0.2, 0.25) is 17.8 Å². The Bertz CT molecular complexity index is 9590. The molecular formula is C123H73N13OS. The summed E-state index contributed by atoms with van der Waals surface area (Å²) in [6, 6.07) is 155. The Kier molecular flexibility index (Phi) is 17.9. The first kappa shape index (κ1) is 78.1. The van der Waals surface area contributed by atoms with Crippen LogP contribution >= 0.6 is 11.3 Å². The zero-order valence-electron chi connectivity index (χ0n) is 73.8. The summed E-state index contributed by atoms with van der Waals surface area (Å²) in [5, 5.41) is 21.7. The van der Waals surface area contributed by atoms with Gasteiger partial charge in [0.25, 0.3) is 0 Å². The first-order valence-electron chi connectivity index (χ1n) is 46.2. The Morgan fingerprint density at radius 1 is 0.159 bits per heavy atom. The molecule has 30 aromatic rings. The van der Waals surface area contributed by atoms with Crippen molar-refractivity contribution < 1.29 is 4.42 Å². The van der Waals surface area contributed by atoms with E-state index in [1.165, 1.54) is 90.3 Å². The van der Waals surface area contributed by atoms with Crippen LogP contribution in [-0.4, -0.2) is 63.1 Å². The molecule has 0 N–H and O–H groups in total. The topological polar surface area (TPSA) is 149 Å². The van der Waals surface area contributed by atoms with Crippen LogP contribution in [0.15, 0.2) is 447 Å². The molecular weight excluding hydrogens is 1710 g/mol. The molecule has 9 heterocycles. The van der Waals surface area contributed by atoms with E-state index < -0.39 is 0 Å². The highest BCUT2D eigenvalue weighted by atomic mass is 32.1. The van der Waals surface area contributed by atoms with Crippen LogP contribution < -0.4 is 0 Å². The maximum atomic E-state index is 6.68. The van der Waals surface area contributed by atoms with E-state index >= 15 is 0 Å². The van der Waals surface area contributed by atoms with Crippen molar-refractivity contribution in [1.29, 1.82) is 0 Å². The second-order valence-electron chi connectivity index (χ2n) is 35.0. The molecule has 0 aliphatic rings. The minimum Gasteiger partial charge on any atom is -0.456 e. The zero-order chi connectivity index (χ0) is 90.6. The molecule has 0 atom stereocenters. The fourth-order valence-corrected chi connectivity index (χ4v) is 22.3. The highest BCUT2D eigenvalue weighted by Crippen LogP contribution is 2.51. The normalized spacial score (nSPS) is 11.9. The van der Waals surface area contributed by atoms with Crippen molar-refractivity contribution in [3.8, 4) is 114 Å². The van der Waals surface area contributed by atoms with Crippen LogP contribution in [0.4, 0.5) is 0 Å². The molecule has 0 unspecified atom stereocenters. The fourth-order valence-electron chi connectivity index (χ4n) is 21.1. The summed E-state index contributed by atoms with van der Waals surface area (Å²) in [5.74, 6) is 5.57. The zero-order valence-corrected chi connectivity index (χ0v) is 74.6. The quantitative estimate of drug-likeness (QED) is 0.108. The predicted octanol–water partition coefficient (Wildman–Crippen LogP) is 31.4. The van der Waals surface area contributed by atoms with Crippen LogP contribution in [0.2, 0.25) is 0 Å². The van der Waals surface area contributed by atoms with E-state index in [0.717, 1.165) is 133 Å². The molecule has 21 aromatic carbocycles. The molecule has 9 aromatic heterocycles. The number of para-hydroxylation sites is 1. The van der Waals surface area contributed by atoms with Gasteiger partial charge < -0.3 is 8.98 Å². The van der Waals surface area contributed by atoms with Gasteiger partial charge in [0, 0.05) is 108 Å². The molecule has 0 saturated carbocycles. The maximum Gasteiger partial charge on any atom is 0.238 e. The Morgan fingerprint density at radius 3 is 0.884 bits per heavy atom. The van der Waals surface area contributed by atoms with Crippen molar-refractivity contribution >= 4 is 173 Å². The lowest BCUT2D eigenvalue weighted by Gasteiger charge is -2.14. The standard InChI is InChI=1S/C41H25N5.C41H24N4O.C41H24N4S/c1-4-12-28(13-5-1)39-42-40(29-14-6-2-7-15-29)44-41(43-39)46-33-21-11-20-32-37(33)38-34(46)25-24-27-23-22-26-16-10-19-31(35(26)36(27)38)45(32)30-17-8-3-9-18-30;2*1-3-10-25(11-4-1)29-15-7-16-30(24-29)40-42-39(28-12-5-2-6-13-28)43-41(44-40)45-31-17-9-19-34-37(31)38-32(45)23-22-27-21-20-26-14-8-18-33(46-34)35(26)36(27)38/h1-25H;2*1-24H. The maximum absolute atomic E-state index is 6.68. The van der Waals surface area contributed by atoms with Gasteiger partial charge in [0.15, 0.2) is 34.9 Å². The van der Waals surface area contributed by atoms with Gasteiger partial charge in [-0.25, -0.2) is 15.0 Å². The largest absolute Gasteiger partial charge is 0.456 e. The Morgan fingerprint density at radius 2 is 0.428 bits per heavy atom. The predicted molar refractivity (Wildman–Crippen MR) is 567 cm³/mol. The monoisotopic (exact) mass is 1780 g/mol. The highest BCUT2D eigenvalue weighted by molar-refractivity contribution is 7.24. The van der Waals surface area contributed by atoms with E-state index in [2.05, 4.69) is 358 Å². The van der Waals surface area contributed by atoms with Crippen molar-refractivity contribution in [3.05, 3.63) is 443 Å². The van der Waals surface area contributed by atoms with Crippen molar-refractivity contribution in [2.75, 3.05) is 0 Å². The number of rotatable bonds is 12. The summed E-state index contributed by atoms with van der Waals surface area (Å²) in [7, 11) is 0. The number of hydrogen-bond donors (Lipinski definition) is 0. The summed E-state index contributed by atoms with van der Waals surface area (Å²) in [4.78, 5) is 46.1. The van der Waals surface area contributed by atoms with Crippen molar-refractivity contribution in [2.24, 2.45) is 0 Å². The van der Waals surface area contributed by atoms with E-state index in [4.69, 9.17) is 49.3 Å². The second-order valence-corrected chi connectivity index (χ2v) is 36.1. The van der Waals surface area contributed by atoms with Crippen molar-refractivity contribution in [2.45, 2.75) is 0 Å². The Labute approximate surface area is 791 Å². The third-order valence-electron chi connectivity index (χ3n) is 27.1. The molecule has 14 nitrogen and oxygen atoms in total. The molecule has 0 saturated heterocycles. The molecule has 0 spiro atoms. The van der Waals surface area contributed by atoms with Crippen LogP contribution in [0.1, 0.15) is 0 Å². The summed E-state index contributed by atoms with van der Waals surface area (Å²) in [6.07, 6.45) is 0. The van der Waals surface area contributed by atoms with Gasteiger partial charge in [-0.2, -0.15) is 29.9 Å². The van der Waals surface area contributed by atoms with E-state index in [1.54, 1.807) is 0 Å². The molecule has 0 fully saturated rings. The lowest BCUT2D eigenvalue weighted by atomic mass is 9.97. The SMILES string of the molecule is c1ccc(-c2cccc(-c3nc(-c4ccccc4)nc(-n4c5cccc6oc7cccc8ccc9ccc4c(c9c87)c65)n3)c2)cc1.c1ccc(-c2cccc(-c3nc(-c4ccccc4)nc(-n4c5cccc6sc7cccc8ccc9ccc4c(c9c87)c65)n3)c2)cc1.c1ccc(-c2nc(-c3ccccc3)nc(-n3c4ccc5ccc6cccc7c6c5c4c4c(cccc43)n7-c3ccccc3)n2)cc1. The highest BCUT2D eigenvalue weighted by Gasteiger charge is 2.30. The smallest absolute Gasteiger partial charge is 0.238 e. The summed E-state index contributed by atoms with van der Waals surface area (Å²) in [6.45, 7) is 0. The molecule has 0 radical (unpaired) electrons. The van der Waals surface area contributed by atoms with Gasteiger partial charge >= 0.3 is 0 Å². The van der Waals surface area contributed by atoms with Crippen molar-refractivity contribution in [3.63, 3.8) is 0 Å². The van der Waals surface area contributed by atoms with E-state index in [9.17, 15) is 0 Å². The first-order valence-corrected chi connectivity index (χ1v) is 47.0. The van der Waals surface area contributed by atoms with E-state index in [-0.39, 0.29) is 0 Å². The molecule has 0 aliphatic heterocycles. The number of hydrogen-bond acceptors (Lipinski definition) is 11.